The van der Waals surface area contributed by atoms with E-state index in [0.29, 0.717) is 23.1 Å². The topological polar surface area (TPSA) is 76.3 Å². The third-order valence-corrected chi connectivity index (χ3v) is 4.80. The zero-order chi connectivity index (χ0) is 21.7. The van der Waals surface area contributed by atoms with Crippen molar-refractivity contribution in [3.8, 4) is 17.6 Å². The van der Waals surface area contributed by atoms with Gasteiger partial charge in [0.15, 0.2) is 11.5 Å². The van der Waals surface area contributed by atoms with Gasteiger partial charge in [-0.1, -0.05) is 13.8 Å². The maximum Gasteiger partial charge on any atom is 0.266 e. The van der Waals surface area contributed by atoms with Gasteiger partial charge in [0.05, 0.1) is 14.2 Å². The number of benzene rings is 1. The van der Waals surface area contributed by atoms with Gasteiger partial charge in [-0.25, -0.2) is 0 Å². The lowest BCUT2D eigenvalue weighted by molar-refractivity contribution is -0.112. The fourth-order valence-electron chi connectivity index (χ4n) is 3.23. The number of anilines is 1. The van der Waals surface area contributed by atoms with Crippen molar-refractivity contribution in [2.24, 2.45) is 5.92 Å². The van der Waals surface area contributed by atoms with E-state index in [0.717, 1.165) is 29.1 Å². The van der Waals surface area contributed by atoms with E-state index in [2.05, 4.69) is 23.7 Å². The second kappa shape index (κ2) is 9.33. The van der Waals surface area contributed by atoms with E-state index in [9.17, 15) is 10.1 Å². The molecular formula is C23H29N3O3. The van der Waals surface area contributed by atoms with Crippen LogP contribution in [0.1, 0.15) is 36.4 Å². The lowest BCUT2D eigenvalue weighted by Gasteiger charge is -2.13. The summed E-state index contributed by atoms with van der Waals surface area (Å²) in [5.74, 6) is 1.13. The summed E-state index contributed by atoms with van der Waals surface area (Å²) < 4.78 is 12.8. The molecule has 1 heterocycles. The average Bonchev–Trinajstić information content (AvgIpc) is 2.93. The number of hydrogen-bond acceptors (Lipinski definition) is 4. The summed E-state index contributed by atoms with van der Waals surface area (Å²) >= 11 is 0. The Morgan fingerprint density at radius 1 is 1.17 bits per heavy atom. The highest BCUT2D eigenvalue weighted by Crippen LogP contribution is 2.33. The Morgan fingerprint density at radius 2 is 1.79 bits per heavy atom. The smallest absolute Gasteiger partial charge is 0.266 e. The highest BCUT2D eigenvalue weighted by atomic mass is 16.5. The molecule has 1 aromatic heterocycles. The monoisotopic (exact) mass is 395 g/mol. The minimum absolute atomic E-state index is 0.0454. The molecule has 0 bridgehead atoms. The van der Waals surface area contributed by atoms with Crippen LogP contribution in [0.25, 0.3) is 6.08 Å². The Balaban J connectivity index is 2.34. The summed E-state index contributed by atoms with van der Waals surface area (Å²) in [5.41, 5.74) is 4.44. The number of nitrogens with one attached hydrogen (secondary N) is 1. The number of nitriles is 1. The third kappa shape index (κ3) is 5.00. The summed E-state index contributed by atoms with van der Waals surface area (Å²) in [6, 6.07) is 7.50. The van der Waals surface area contributed by atoms with Crippen LogP contribution in [0.4, 0.5) is 5.69 Å². The number of carbonyl (C=O) groups excluding carboxylic acids is 1. The van der Waals surface area contributed by atoms with Crippen molar-refractivity contribution < 1.29 is 14.3 Å². The van der Waals surface area contributed by atoms with Gasteiger partial charge in [-0.05, 0) is 56.0 Å². The molecular weight excluding hydrogens is 366 g/mol. The number of nitrogens with zero attached hydrogens (tertiary/aromatic N) is 2. The number of hydrogen-bond donors (Lipinski definition) is 1. The first-order valence-electron chi connectivity index (χ1n) is 9.54. The van der Waals surface area contributed by atoms with E-state index in [1.54, 1.807) is 25.3 Å². The van der Waals surface area contributed by atoms with Gasteiger partial charge in [0.2, 0.25) is 0 Å². The lowest BCUT2D eigenvalue weighted by atomic mass is 10.1. The fraction of sp³-hybridized carbons (Fsp3) is 0.391. The Kier molecular flexibility index (Phi) is 7.11. The van der Waals surface area contributed by atoms with E-state index < -0.39 is 5.91 Å². The number of ether oxygens (including phenoxy) is 2. The van der Waals surface area contributed by atoms with E-state index >= 15 is 0 Å². The zero-order valence-electron chi connectivity index (χ0n) is 18.2. The van der Waals surface area contributed by atoms with Crippen molar-refractivity contribution in [2.45, 2.75) is 41.2 Å². The summed E-state index contributed by atoms with van der Waals surface area (Å²) in [4.78, 5) is 12.8. The standard InChI is InChI=1S/C23H29N3O3/c1-14(2)13-26-16(4)9-18(17(26)5)10-19(12-24)23(27)25-20-11-22(29-7)21(28-6)8-15(20)3/h8-11,14H,13H2,1-7H3,(H,25,27)/b19-10+. The van der Waals surface area contributed by atoms with Crippen molar-refractivity contribution >= 4 is 17.7 Å². The first-order valence-corrected chi connectivity index (χ1v) is 9.54. The number of rotatable bonds is 7. The second-order valence-corrected chi connectivity index (χ2v) is 7.48. The summed E-state index contributed by atoms with van der Waals surface area (Å²) in [6.07, 6.45) is 1.64. The van der Waals surface area contributed by atoms with Gasteiger partial charge in [-0.3, -0.25) is 4.79 Å². The van der Waals surface area contributed by atoms with Gasteiger partial charge in [-0.15, -0.1) is 0 Å². The molecule has 6 nitrogen and oxygen atoms in total. The predicted octanol–water partition coefficient (Wildman–Crippen LogP) is 4.63. The summed E-state index contributed by atoms with van der Waals surface area (Å²) in [5, 5.41) is 12.4. The van der Waals surface area contributed by atoms with Gasteiger partial charge in [-0.2, -0.15) is 5.26 Å². The molecule has 0 saturated carbocycles. The molecule has 0 aliphatic rings. The van der Waals surface area contributed by atoms with Crippen LogP contribution in [-0.4, -0.2) is 24.7 Å². The number of aromatic nitrogens is 1. The Morgan fingerprint density at radius 3 is 2.34 bits per heavy atom. The van der Waals surface area contributed by atoms with Gasteiger partial charge in [0.25, 0.3) is 5.91 Å². The van der Waals surface area contributed by atoms with Gasteiger partial charge in [0.1, 0.15) is 11.6 Å². The van der Waals surface area contributed by atoms with Crippen LogP contribution in [0.5, 0.6) is 11.5 Å². The van der Waals surface area contributed by atoms with E-state index in [4.69, 9.17) is 9.47 Å². The van der Waals surface area contributed by atoms with Crippen LogP contribution >= 0.6 is 0 Å². The third-order valence-electron chi connectivity index (χ3n) is 4.80. The molecule has 0 saturated heterocycles. The van der Waals surface area contributed by atoms with Crippen molar-refractivity contribution in [3.05, 3.63) is 46.3 Å². The van der Waals surface area contributed by atoms with E-state index in [1.807, 2.05) is 32.9 Å². The summed E-state index contributed by atoms with van der Waals surface area (Å²) in [7, 11) is 3.09. The molecule has 0 radical (unpaired) electrons. The van der Waals surface area contributed by atoms with Gasteiger partial charge < -0.3 is 19.4 Å². The SMILES string of the molecule is COc1cc(C)c(NC(=O)/C(C#N)=C/c2cc(C)n(CC(C)C)c2C)cc1OC. The molecule has 0 aliphatic heterocycles. The van der Waals surface area contributed by atoms with E-state index in [1.165, 1.54) is 7.11 Å². The maximum atomic E-state index is 12.8. The zero-order valence-corrected chi connectivity index (χ0v) is 18.2. The molecule has 0 fully saturated rings. The van der Waals surface area contributed by atoms with Crippen molar-refractivity contribution in [1.29, 1.82) is 5.26 Å². The molecule has 1 aromatic carbocycles. The first-order chi connectivity index (χ1) is 13.7. The normalized spacial score (nSPS) is 11.3. The lowest BCUT2D eigenvalue weighted by Crippen LogP contribution is -2.14. The van der Waals surface area contributed by atoms with Crippen LogP contribution in [0.3, 0.4) is 0 Å². The molecule has 154 valence electrons. The maximum absolute atomic E-state index is 12.8. The molecule has 2 rings (SSSR count). The molecule has 29 heavy (non-hydrogen) atoms. The number of carbonyl (C=O) groups is 1. The molecule has 0 atom stereocenters. The minimum atomic E-state index is -0.462. The van der Waals surface area contributed by atoms with Crippen LogP contribution in [0, 0.1) is 38.0 Å². The van der Waals surface area contributed by atoms with Crippen LogP contribution in [-0.2, 0) is 11.3 Å². The highest BCUT2D eigenvalue weighted by molar-refractivity contribution is 6.10. The molecule has 0 unspecified atom stereocenters. The largest absolute Gasteiger partial charge is 0.493 e. The van der Waals surface area contributed by atoms with Crippen molar-refractivity contribution in [1.82, 2.24) is 4.57 Å². The van der Waals surface area contributed by atoms with Gasteiger partial charge in [0, 0.05) is 29.7 Å². The number of methoxy groups -OCH3 is 2. The number of aryl methyl sites for hydroxylation is 2. The molecule has 6 heteroatoms. The Bertz CT molecular complexity index is 978. The Labute approximate surface area is 172 Å². The van der Waals surface area contributed by atoms with Crippen molar-refractivity contribution in [2.75, 3.05) is 19.5 Å². The second-order valence-electron chi connectivity index (χ2n) is 7.48. The molecule has 1 N–H and O–H groups in total. The minimum Gasteiger partial charge on any atom is -0.493 e. The molecule has 0 spiro atoms. The molecule has 2 aromatic rings. The van der Waals surface area contributed by atoms with Crippen molar-refractivity contribution in [3.63, 3.8) is 0 Å². The molecule has 1 amide bonds. The van der Waals surface area contributed by atoms with E-state index in [-0.39, 0.29) is 5.57 Å². The van der Waals surface area contributed by atoms with Crippen LogP contribution in [0.15, 0.2) is 23.8 Å². The van der Waals surface area contributed by atoms with Crippen LogP contribution in [0.2, 0.25) is 0 Å². The fourth-order valence-corrected chi connectivity index (χ4v) is 3.23. The summed E-state index contributed by atoms with van der Waals surface area (Å²) in [6.45, 7) is 11.1. The van der Waals surface area contributed by atoms with Crippen LogP contribution < -0.4 is 14.8 Å². The first kappa shape index (κ1) is 22.1. The molecule has 0 aliphatic carbocycles. The number of amides is 1. The Hall–Kier alpha value is -3.20. The average molecular weight is 396 g/mol. The highest BCUT2D eigenvalue weighted by Gasteiger charge is 2.16. The van der Waals surface area contributed by atoms with Gasteiger partial charge >= 0.3 is 0 Å². The predicted molar refractivity (Wildman–Crippen MR) is 115 cm³/mol. The quantitative estimate of drug-likeness (QED) is 0.548.